The molecule has 0 aliphatic rings. The first-order valence-electron chi connectivity index (χ1n) is 6.17. The van der Waals surface area contributed by atoms with Crippen molar-refractivity contribution in [3.63, 3.8) is 0 Å². The van der Waals surface area contributed by atoms with Crippen LogP contribution in [0.15, 0.2) is 42.5 Å². The zero-order valence-electron chi connectivity index (χ0n) is 11.6. The highest BCUT2D eigenvalue weighted by Gasteiger charge is 2.19. The summed E-state index contributed by atoms with van der Waals surface area (Å²) in [5.41, 5.74) is 0.719. The van der Waals surface area contributed by atoms with Gasteiger partial charge < -0.3 is 14.4 Å². The third-order valence-corrected chi connectivity index (χ3v) is 3.88. The largest absolute Gasteiger partial charge is 0.496 e. The fraction of sp³-hybridized carbons (Fsp3) is 0.133. The van der Waals surface area contributed by atoms with E-state index >= 15 is 0 Å². The molecule has 2 aromatic carbocycles. The zero-order chi connectivity index (χ0) is 15.4. The highest BCUT2D eigenvalue weighted by atomic mass is 31.1. The van der Waals surface area contributed by atoms with Crippen molar-refractivity contribution >= 4 is 19.1 Å². The average Bonchev–Trinajstić information content (AvgIpc) is 2.53. The smallest absolute Gasteiger partial charge is 0.218 e. The fourth-order valence-corrected chi connectivity index (χ4v) is 2.44. The number of ketones is 1. The number of ether oxygens (including phenoxy) is 2. The van der Waals surface area contributed by atoms with Crippen molar-refractivity contribution in [3.05, 3.63) is 53.6 Å². The van der Waals surface area contributed by atoms with Gasteiger partial charge in [0.05, 0.1) is 14.2 Å². The Labute approximate surface area is 123 Å². The lowest BCUT2D eigenvalue weighted by Crippen LogP contribution is -2.07. The molecular formula is C15H15O5P. The standard InChI is InChI=1S/C15H15O5P/c1-19-12-4-3-5-13(20-2)14(12)15(16)10-6-8-11(9-7-10)21(17)18/h3-9,21H,1-2H3,(H,17,18). The van der Waals surface area contributed by atoms with Crippen molar-refractivity contribution in [2.24, 2.45) is 0 Å². The van der Waals surface area contributed by atoms with E-state index in [1.54, 1.807) is 18.2 Å². The zero-order valence-corrected chi connectivity index (χ0v) is 12.6. The Kier molecular flexibility index (Phi) is 4.78. The second kappa shape index (κ2) is 6.57. The van der Waals surface area contributed by atoms with Crippen LogP contribution in [0.25, 0.3) is 0 Å². The van der Waals surface area contributed by atoms with E-state index in [-0.39, 0.29) is 5.78 Å². The molecule has 0 heterocycles. The summed E-state index contributed by atoms with van der Waals surface area (Å²) >= 11 is 0. The molecule has 0 saturated carbocycles. The second-order valence-corrected chi connectivity index (χ2v) is 5.44. The van der Waals surface area contributed by atoms with Gasteiger partial charge in [-0.1, -0.05) is 18.2 Å². The van der Waals surface area contributed by atoms with E-state index in [9.17, 15) is 9.36 Å². The van der Waals surface area contributed by atoms with Crippen LogP contribution in [0.3, 0.4) is 0 Å². The van der Waals surface area contributed by atoms with Gasteiger partial charge in [-0.15, -0.1) is 0 Å². The molecule has 0 radical (unpaired) electrons. The Morgan fingerprint density at radius 1 is 1.00 bits per heavy atom. The summed E-state index contributed by atoms with van der Waals surface area (Å²) in [6.45, 7) is 0. The van der Waals surface area contributed by atoms with Crippen LogP contribution in [0.4, 0.5) is 0 Å². The van der Waals surface area contributed by atoms with Crippen molar-refractivity contribution in [1.82, 2.24) is 0 Å². The van der Waals surface area contributed by atoms with E-state index in [1.807, 2.05) is 0 Å². The van der Waals surface area contributed by atoms with Gasteiger partial charge in [0, 0.05) is 10.9 Å². The average molecular weight is 306 g/mol. The Hall–Kier alpha value is -2.10. The van der Waals surface area contributed by atoms with Crippen LogP contribution in [0.2, 0.25) is 0 Å². The molecule has 1 unspecified atom stereocenters. The lowest BCUT2D eigenvalue weighted by atomic mass is 10.0. The van der Waals surface area contributed by atoms with E-state index in [4.69, 9.17) is 14.4 Å². The van der Waals surface area contributed by atoms with E-state index < -0.39 is 8.03 Å². The molecule has 1 N–H and O–H groups in total. The van der Waals surface area contributed by atoms with Gasteiger partial charge in [-0.3, -0.25) is 9.36 Å². The molecule has 0 bridgehead atoms. The number of methoxy groups -OCH3 is 2. The molecule has 6 heteroatoms. The van der Waals surface area contributed by atoms with Gasteiger partial charge in [-0.25, -0.2) is 0 Å². The lowest BCUT2D eigenvalue weighted by Gasteiger charge is -2.12. The topological polar surface area (TPSA) is 72.8 Å². The van der Waals surface area contributed by atoms with Gasteiger partial charge in [0.25, 0.3) is 0 Å². The van der Waals surface area contributed by atoms with Gasteiger partial charge in [-0.05, 0) is 24.3 Å². The number of hydrogen-bond donors (Lipinski definition) is 1. The first kappa shape index (κ1) is 15.3. The van der Waals surface area contributed by atoms with Crippen molar-refractivity contribution in [2.75, 3.05) is 14.2 Å². The molecule has 0 aliphatic heterocycles. The van der Waals surface area contributed by atoms with E-state index in [2.05, 4.69) is 0 Å². The summed E-state index contributed by atoms with van der Waals surface area (Å²) in [6.07, 6.45) is 0. The van der Waals surface area contributed by atoms with Crippen molar-refractivity contribution in [1.29, 1.82) is 0 Å². The van der Waals surface area contributed by atoms with Crippen LogP contribution in [0.1, 0.15) is 15.9 Å². The monoisotopic (exact) mass is 306 g/mol. The maximum atomic E-state index is 12.6. The Bertz CT molecular complexity index is 657. The minimum Gasteiger partial charge on any atom is -0.496 e. The maximum Gasteiger partial charge on any atom is 0.218 e. The van der Waals surface area contributed by atoms with Gasteiger partial charge in [0.15, 0.2) is 0 Å². The van der Waals surface area contributed by atoms with Gasteiger partial charge >= 0.3 is 0 Å². The van der Waals surface area contributed by atoms with E-state index in [1.165, 1.54) is 38.5 Å². The second-order valence-electron chi connectivity index (χ2n) is 4.25. The molecular weight excluding hydrogens is 291 g/mol. The Morgan fingerprint density at radius 3 is 1.95 bits per heavy atom. The molecule has 2 rings (SSSR count). The molecule has 1 atom stereocenters. The molecule has 21 heavy (non-hydrogen) atoms. The minimum absolute atomic E-state index is 0.270. The Morgan fingerprint density at radius 2 is 1.52 bits per heavy atom. The molecule has 2 aromatic rings. The van der Waals surface area contributed by atoms with Gasteiger partial charge in [-0.2, -0.15) is 0 Å². The highest BCUT2D eigenvalue weighted by molar-refractivity contribution is 7.47. The van der Waals surface area contributed by atoms with Crippen LogP contribution < -0.4 is 14.8 Å². The number of benzene rings is 2. The molecule has 5 nitrogen and oxygen atoms in total. The van der Waals surface area contributed by atoms with Crippen LogP contribution in [-0.4, -0.2) is 24.9 Å². The minimum atomic E-state index is -2.75. The summed E-state index contributed by atoms with van der Waals surface area (Å²) in [4.78, 5) is 21.7. The predicted octanol–water partition coefficient (Wildman–Crippen LogP) is 2.03. The summed E-state index contributed by atoms with van der Waals surface area (Å²) in [5, 5.41) is 0.309. The highest BCUT2D eigenvalue weighted by Crippen LogP contribution is 2.30. The van der Waals surface area contributed by atoms with Crippen molar-refractivity contribution in [2.45, 2.75) is 0 Å². The van der Waals surface area contributed by atoms with Crippen LogP contribution in [0, 0.1) is 0 Å². The molecule has 0 aliphatic carbocycles. The maximum absolute atomic E-state index is 12.6. The summed E-state index contributed by atoms with van der Waals surface area (Å²) < 4.78 is 21.4. The number of hydrogen-bond acceptors (Lipinski definition) is 4. The van der Waals surface area contributed by atoms with Gasteiger partial charge in [0.1, 0.15) is 17.1 Å². The Balaban J connectivity index is 2.46. The molecule has 0 saturated heterocycles. The number of carbonyl (C=O) groups is 1. The fourth-order valence-electron chi connectivity index (χ4n) is 1.98. The first-order valence-corrected chi connectivity index (χ1v) is 7.53. The molecule has 0 amide bonds. The van der Waals surface area contributed by atoms with E-state index in [0.717, 1.165) is 0 Å². The predicted molar refractivity (Wildman–Crippen MR) is 80.3 cm³/mol. The van der Waals surface area contributed by atoms with Crippen LogP contribution >= 0.6 is 8.03 Å². The summed E-state index contributed by atoms with van der Waals surface area (Å²) in [6, 6.07) is 11.1. The van der Waals surface area contributed by atoms with Gasteiger partial charge in [0.2, 0.25) is 13.8 Å². The number of carbonyl (C=O) groups excluding carboxylic acids is 1. The van der Waals surface area contributed by atoms with Crippen LogP contribution in [-0.2, 0) is 4.57 Å². The summed E-state index contributed by atoms with van der Waals surface area (Å²) in [5.74, 6) is 0.562. The quantitative estimate of drug-likeness (QED) is 0.676. The van der Waals surface area contributed by atoms with Crippen LogP contribution in [0.5, 0.6) is 11.5 Å². The molecule has 0 aromatic heterocycles. The van der Waals surface area contributed by atoms with E-state index in [0.29, 0.717) is 27.9 Å². The van der Waals surface area contributed by atoms with Crippen molar-refractivity contribution < 1.29 is 23.7 Å². The lowest BCUT2D eigenvalue weighted by molar-refractivity contribution is 0.103. The molecule has 110 valence electrons. The number of rotatable bonds is 5. The third kappa shape index (κ3) is 3.15. The molecule has 0 spiro atoms. The SMILES string of the molecule is COc1cccc(OC)c1C(=O)c1ccc([PH](=O)O)cc1. The summed E-state index contributed by atoms with van der Waals surface area (Å²) in [7, 11) is 0.203. The normalized spacial score (nSPS) is 11.8. The third-order valence-electron chi connectivity index (χ3n) is 3.05. The molecule has 0 fully saturated rings. The first-order chi connectivity index (χ1) is 10.1. The van der Waals surface area contributed by atoms with Crippen molar-refractivity contribution in [3.8, 4) is 11.5 Å².